The van der Waals surface area contributed by atoms with E-state index in [0.717, 1.165) is 17.7 Å². The minimum absolute atomic E-state index is 0. The first-order chi connectivity index (χ1) is 8.24. The van der Waals surface area contributed by atoms with Gasteiger partial charge in [0.25, 0.3) is 0 Å². The zero-order valence-electron chi connectivity index (χ0n) is 10.5. The van der Waals surface area contributed by atoms with Gasteiger partial charge in [-0.2, -0.15) is 11.8 Å². The van der Waals surface area contributed by atoms with Gasteiger partial charge in [-0.05, 0) is 24.0 Å². The van der Waals surface area contributed by atoms with Crippen LogP contribution in [0.1, 0.15) is 12.0 Å². The third-order valence-electron chi connectivity index (χ3n) is 2.41. The van der Waals surface area contributed by atoms with Gasteiger partial charge in [0, 0.05) is 6.42 Å². The predicted octanol–water partition coefficient (Wildman–Crippen LogP) is -1.14. The number of esters is 1. The lowest BCUT2D eigenvalue weighted by atomic mass is 10.2. The van der Waals surface area contributed by atoms with Gasteiger partial charge in [-0.1, -0.05) is 30.3 Å². The second-order valence-electron chi connectivity index (χ2n) is 3.79. The van der Waals surface area contributed by atoms with Gasteiger partial charge in [-0.3, -0.25) is 4.79 Å². The van der Waals surface area contributed by atoms with Crippen molar-refractivity contribution in [3.05, 3.63) is 35.9 Å². The Morgan fingerprint density at radius 1 is 1.39 bits per heavy atom. The lowest BCUT2D eigenvalue weighted by Gasteiger charge is -2.10. The Hall–Kier alpha value is -0.710. The maximum atomic E-state index is 11.5. The molecule has 0 aliphatic rings. The van der Waals surface area contributed by atoms with Gasteiger partial charge in [-0.15, -0.1) is 0 Å². The molecular formula is C13H19ClNO2S-. The average Bonchev–Trinajstić information content (AvgIpc) is 2.37. The first-order valence-electron chi connectivity index (χ1n) is 5.69. The van der Waals surface area contributed by atoms with E-state index < -0.39 is 6.04 Å². The van der Waals surface area contributed by atoms with E-state index >= 15 is 0 Å². The number of hydrogen-bond acceptors (Lipinski definition) is 4. The highest BCUT2D eigenvalue weighted by Crippen LogP contribution is 2.02. The zero-order chi connectivity index (χ0) is 12.5. The third-order valence-corrected chi connectivity index (χ3v) is 3.06. The molecule has 0 saturated heterocycles. The second-order valence-corrected chi connectivity index (χ2v) is 4.78. The Kier molecular flexibility index (Phi) is 9.83. The van der Waals surface area contributed by atoms with Gasteiger partial charge in [-0.25, -0.2) is 0 Å². The molecule has 1 rings (SSSR count). The van der Waals surface area contributed by atoms with Gasteiger partial charge in [0.1, 0.15) is 6.04 Å². The minimum Gasteiger partial charge on any atom is -1.00 e. The van der Waals surface area contributed by atoms with Crippen molar-refractivity contribution < 1.29 is 21.9 Å². The summed E-state index contributed by atoms with van der Waals surface area (Å²) in [7, 11) is 0. The van der Waals surface area contributed by atoms with E-state index in [9.17, 15) is 4.79 Å². The number of thioether (sulfide) groups is 1. The standard InChI is InChI=1S/C13H19NO2S.ClH/c1-17-10-8-12(14)13(15)16-9-7-11-5-3-2-4-6-11;/h2-6,12H,7-10,14H2,1H3;1H/p-1. The molecule has 0 spiro atoms. The lowest BCUT2D eigenvalue weighted by molar-refractivity contribution is -0.145. The average molecular weight is 289 g/mol. The summed E-state index contributed by atoms with van der Waals surface area (Å²) in [6.07, 6.45) is 3.40. The normalized spacial score (nSPS) is 11.4. The SMILES string of the molecule is CSCCC(N)C(=O)OCCc1ccccc1.[Cl-]. The molecule has 3 nitrogen and oxygen atoms in total. The molecule has 2 N–H and O–H groups in total. The summed E-state index contributed by atoms with van der Waals surface area (Å²) in [4.78, 5) is 11.5. The lowest BCUT2D eigenvalue weighted by Crippen LogP contribution is -3.00. The molecule has 102 valence electrons. The fourth-order valence-electron chi connectivity index (χ4n) is 1.38. The highest BCUT2D eigenvalue weighted by Gasteiger charge is 2.13. The van der Waals surface area contributed by atoms with E-state index in [1.807, 2.05) is 36.6 Å². The number of benzene rings is 1. The molecule has 0 radical (unpaired) electrons. The molecule has 0 fully saturated rings. The predicted molar refractivity (Wildman–Crippen MR) is 72.1 cm³/mol. The highest BCUT2D eigenvalue weighted by atomic mass is 35.5. The highest BCUT2D eigenvalue weighted by molar-refractivity contribution is 7.98. The summed E-state index contributed by atoms with van der Waals surface area (Å²) >= 11 is 1.68. The molecule has 1 atom stereocenters. The number of ether oxygens (including phenoxy) is 1. The molecule has 0 bridgehead atoms. The van der Waals surface area contributed by atoms with E-state index in [-0.39, 0.29) is 18.4 Å². The first-order valence-corrected chi connectivity index (χ1v) is 7.08. The smallest absolute Gasteiger partial charge is 0.322 e. The minimum atomic E-state index is -0.488. The molecule has 0 amide bonds. The maximum Gasteiger partial charge on any atom is 0.322 e. The monoisotopic (exact) mass is 288 g/mol. The summed E-state index contributed by atoms with van der Waals surface area (Å²) in [5, 5.41) is 0. The Bertz CT molecular complexity index is 335. The molecule has 1 unspecified atom stereocenters. The van der Waals surface area contributed by atoms with Crippen molar-refractivity contribution in [2.24, 2.45) is 5.73 Å². The van der Waals surface area contributed by atoms with Crippen LogP contribution in [0.5, 0.6) is 0 Å². The Balaban J connectivity index is 0.00000289. The van der Waals surface area contributed by atoms with Crippen molar-refractivity contribution in [2.75, 3.05) is 18.6 Å². The van der Waals surface area contributed by atoms with Crippen molar-refractivity contribution in [1.82, 2.24) is 0 Å². The number of nitrogens with two attached hydrogens (primary N) is 1. The van der Waals surface area contributed by atoms with E-state index in [1.54, 1.807) is 11.8 Å². The van der Waals surface area contributed by atoms with Crippen molar-refractivity contribution in [3.63, 3.8) is 0 Å². The Morgan fingerprint density at radius 3 is 2.67 bits per heavy atom. The first kappa shape index (κ1) is 17.3. The van der Waals surface area contributed by atoms with Crippen LogP contribution in [0.25, 0.3) is 0 Å². The number of hydrogen-bond donors (Lipinski definition) is 1. The second kappa shape index (κ2) is 10.2. The van der Waals surface area contributed by atoms with E-state index in [2.05, 4.69) is 0 Å². The van der Waals surface area contributed by atoms with Crippen molar-refractivity contribution in [2.45, 2.75) is 18.9 Å². The van der Waals surface area contributed by atoms with Crippen molar-refractivity contribution in [3.8, 4) is 0 Å². The molecule has 0 aromatic heterocycles. The fraction of sp³-hybridized carbons (Fsp3) is 0.462. The molecule has 5 heteroatoms. The Morgan fingerprint density at radius 2 is 2.06 bits per heavy atom. The van der Waals surface area contributed by atoms with E-state index in [4.69, 9.17) is 10.5 Å². The quantitative estimate of drug-likeness (QED) is 0.644. The van der Waals surface area contributed by atoms with Gasteiger partial charge in [0.05, 0.1) is 6.61 Å². The van der Waals surface area contributed by atoms with E-state index in [1.165, 1.54) is 0 Å². The number of rotatable bonds is 7. The molecule has 18 heavy (non-hydrogen) atoms. The van der Waals surface area contributed by atoms with Crippen LogP contribution in [0.2, 0.25) is 0 Å². The number of carbonyl (C=O) groups is 1. The largest absolute Gasteiger partial charge is 1.00 e. The molecule has 0 saturated carbocycles. The summed E-state index contributed by atoms with van der Waals surface area (Å²) in [5.74, 6) is 0.588. The van der Waals surface area contributed by atoms with Gasteiger partial charge >= 0.3 is 5.97 Å². The van der Waals surface area contributed by atoms with Crippen LogP contribution in [0.4, 0.5) is 0 Å². The van der Waals surface area contributed by atoms with Crippen LogP contribution < -0.4 is 18.1 Å². The van der Waals surface area contributed by atoms with Crippen LogP contribution in [-0.4, -0.2) is 30.6 Å². The summed E-state index contributed by atoms with van der Waals surface area (Å²) in [6, 6.07) is 9.46. The molecule has 1 aromatic carbocycles. The van der Waals surface area contributed by atoms with Gasteiger partial charge in [0.15, 0.2) is 0 Å². The maximum absolute atomic E-state index is 11.5. The molecular weight excluding hydrogens is 270 g/mol. The summed E-state index contributed by atoms with van der Waals surface area (Å²) in [6.45, 7) is 0.399. The van der Waals surface area contributed by atoms with Gasteiger partial charge in [0.2, 0.25) is 0 Å². The van der Waals surface area contributed by atoms with Crippen LogP contribution in [0.3, 0.4) is 0 Å². The summed E-state index contributed by atoms with van der Waals surface area (Å²) < 4.78 is 5.13. The van der Waals surface area contributed by atoms with Crippen molar-refractivity contribution >= 4 is 17.7 Å². The van der Waals surface area contributed by atoms with Crippen molar-refractivity contribution in [1.29, 1.82) is 0 Å². The molecule has 0 heterocycles. The van der Waals surface area contributed by atoms with Crippen LogP contribution in [0.15, 0.2) is 30.3 Å². The number of halogens is 1. The third kappa shape index (κ3) is 6.89. The molecule has 0 aliphatic heterocycles. The molecule has 0 aliphatic carbocycles. The van der Waals surface area contributed by atoms with Crippen LogP contribution >= 0.6 is 11.8 Å². The van der Waals surface area contributed by atoms with E-state index in [0.29, 0.717) is 13.0 Å². The zero-order valence-corrected chi connectivity index (χ0v) is 12.0. The number of carbonyl (C=O) groups excluding carboxylic acids is 1. The van der Waals surface area contributed by atoms with Crippen LogP contribution in [0, 0.1) is 0 Å². The fourth-order valence-corrected chi connectivity index (χ4v) is 1.87. The summed E-state index contributed by atoms with van der Waals surface area (Å²) in [5.41, 5.74) is 6.86. The molecule has 1 aromatic rings. The van der Waals surface area contributed by atoms with Crippen LogP contribution in [-0.2, 0) is 16.0 Å². The van der Waals surface area contributed by atoms with Gasteiger partial charge < -0.3 is 22.9 Å². The topological polar surface area (TPSA) is 52.3 Å². The Labute approximate surface area is 119 Å².